The zero-order valence-corrected chi connectivity index (χ0v) is 10.9. The van der Waals surface area contributed by atoms with E-state index in [1.165, 1.54) is 6.07 Å². The summed E-state index contributed by atoms with van der Waals surface area (Å²) in [5.41, 5.74) is 1.43. The molecule has 0 aliphatic carbocycles. The summed E-state index contributed by atoms with van der Waals surface area (Å²) < 4.78 is 19.2. The van der Waals surface area contributed by atoms with Crippen LogP contribution in [0.5, 0.6) is 0 Å². The first-order chi connectivity index (χ1) is 9.27. The average Bonchev–Trinajstić information content (AvgIpc) is 2.47. The molecule has 0 aromatic heterocycles. The monoisotopic (exact) mass is 263 g/mol. The normalized spacial score (nSPS) is 23.0. The molecule has 1 saturated heterocycles. The van der Waals surface area contributed by atoms with Gasteiger partial charge in [-0.2, -0.15) is 0 Å². The van der Waals surface area contributed by atoms with Crippen LogP contribution in [0.4, 0.5) is 10.1 Å². The van der Waals surface area contributed by atoms with E-state index in [0.29, 0.717) is 25.1 Å². The lowest BCUT2D eigenvalue weighted by Gasteiger charge is -2.33. The fraction of sp³-hybridized carbons (Fsp3) is 0.533. The number of ether oxygens (including phenoxy) is 1. The van der Waals surface area contributed by atoms with Crippen LogP contribution in [0.3, 0.4) is 0 Å². The lowest BCUT2D eigenvalue weighted by Crippen LogP contribution is -2.42. The second-order valence-electron chi connectivity index (χ2n) is 5.25. The fourth-order valence-corrected chi connectivity index (χ4v) is 2.97. The second kappa shape index (κ2) is 5.29. The van der Waals surface area contributed by atoms with Gasteiger partial charge in [-0.15, -0.1) is 0 Å². The average molecular weight is 263 g/mol. The number of hydrogen-bond acceptors (Lipinski definition) is 2. The van der Waals surface area contributed by atoms with Crippen molar-refractivity contribution in [3.05, 3.63) is 29.6 Å². The van der Waals surface area contributed by atoms with Crippen LogP contribution in [-0.4, -0.2) is 25.7 Å². The number of halogens is 1. The van der Waals surface area contributed by atoms with Crippen molar-refractivity contribution in [2.75, 3.05) is 24.7 Å². The Morgan fingerprint density at radius 3 is 3.05 bits per heavy atom. The molecule has 1 amide bonds. The molecule has 102 valence electrons. The van der Waals surface area contributed by atoms with Crippen molar-refractivity contribution in [1.82, 2.24) is 0 Å². The molecule has 1 aromatic carbocycles. The van der Waals surface area contributed by atoms with Gasteiger partial charge in [0.25, 0.3) is 0 Å². The van der Waals surface area contributed by atoms with Crippen molar-refractivity contribution < 1.29 is 13.9 Å². The number of carbonyl (C=O) groups is 1. The summed E-state index contributed by atoms with van der Waals surface area (Å²) in [5, 5.41) is 0. The van der Waals surface area contributed by atoms with E-state index in [1.54, 1.807) is 11.0 Å². The SMILES string of the molecule is O=C(C1CCCOC1)N1CCCc2c(F)cccc21. The van der Waals surface area contributed by atoms with Crippen LogP contribution in [0.25, 0.3) is 0 Å². The zero-order valence-electron chi connectivity index (χ0n) is 10.9. The smallest absolute Gasteiger partial charge is 0.232 e. The van der Waals surface area contributed by atoms with Gasteiger partial charge in [0.1, 0.15) is 5.82 Å². The molecule has 2 aliphatic heterocycles. The van der Waals surface area contributed by atoms with E-state index in [0.717, 1.165) is 31.6 Å². The predicted molar refractivity (Wildman–Crippen MR) is 70.6 cm³/mol. The third kappa shape index (κ3) is 2.37. The molecule has 1 fully saturated rings. The number of anilines is 1. The maximum Gasteiger partial charge on any atom is 0.232 e. The highest BCUT2D eigenvalue weighted by Crippen LogP contribution is 2.31. The molecular weight excluding hydrogens is 245 g/mol. The van der Waals surface area contributed by atoms with E-state index >= 15 is 0 Å². The minimum Gasteiger partial charge on any atom is -0.381 e. The molecule has 0 saturated carbocycles. The lowest BCUT2D eigenvalue weighted by atomic mass is 9.96. The molecule has 19 heavy (non-hydrogen) atoms. The van der Waals surface area contributed by atoms with Gasteiger partial charge < -0.3 is 9.64 Å². The lowest BCUT2D eigenvalue weighted by molar-refractivity contribution is -0.126. The summed E-state index contributed by atoms with van der Waals surface area (Å²) in [6, 6.07) is 4.99. The Hall–Kier alpha value is -1.42. The third-order valence-corrected chi connectivity index (χ3v) is 3.97. The molecule has 4 heteroatoms. The summed E-state index contributed by atoms with van der Waals surface area (Å²) >= 11 is 0. The number of rotatable bonds is 1. The Bertz CT molecular complexity index is 483. The minimum atomic E-state index is -0.199. The number of amides is 1. The van der Waals surface area contributed by atoms with Crippen LogP contribution in [0.2, 0.25) is 0 Å². The van der Waals surface area contributed by atoms with Crippen LogP contribution in [0.1, 0.15) is 24.8 Å². The molecule has 1 unspecified atom stereocenters. The predicted octanol–water partition coefficient (Wildman–Crippen LogP) is 2.53. The Kier molecular flexibility index (Phi) is 3.51. The van der Waals surface area contributed by atoms with Crippen molar-refractivity contribution in [2.24, 2.45) is 5.92 Å². The van der Waals surface area contributed by atoms with Gasteiger partial charge >= 0.3 is 0 Å². The highest BCUT2D eigenvalue weighted by molar-refractivity contribution is 5.96. The Morgan fingerprint density at radius 2 is 2.26 bits per heavy atom. The van der Waals surface area contributed by atoms with E-state index in [9.17, 15) is 9.18 Å². The van der Waals surface area contributed by atoms with Crippen LogP contribution in [0.15, 0.2) is 18.2 Å². The van der Waals surface area contributed by atoms with Crippen LogP contribution in [0, 0.1) is 11.7 Å². The van der Waals surface area contributed by atoms with Crippen LogP contribution < -0.4 is 4.90 Å². The molecule has 2 heterocycles. The molecule has 1 atom stereocenters. The zero-order chi connectivity index (χ0) is 13.2. The summed E-state index contributed by atoms with van der Waals surface area (Å²) in [6.07, 6.45) is 3.35. The fourth-order valence-electron chi connectivity index (χ4n) is 2.97. The van der Waals surface area contributed by atoms with Crippen molar-refractivity contribution in [1.29, 1.82) is 0 Å². The quantitative estimate of drug-likeness (QED) is 0.779. The van der Waals surface area contributed by atoms with E-state index in [1.807, 2.05) is 6.07 Å². The maximum atomic E-state index is 13.8. The molecule has 3 nitrogen and oxygen atoms in total. The molecule has 3 rings (SSSR count). The van der Waals surface area contributed by atoms with Crippen molar-refractivity contribution in [3.8, 4) is 0 Å². The molecule has 0 radical (unpaired) electrons. The highest BCUT2D eigenvalue weighted by atomic mass is 19.1. The molecule has 0 spiro atoms. The Balaban J connectivity index is 1.86. The first kappa shape index (κ1) is 12.6. The van der Waals surface area contributed by atoms with E-state index in [4.69, 9.17) is 4.74 Å². The van der Waals surface area contributed by atoms with Crippen molar-refractivity contribution in [2.45, 2.75) is 25.7 Å². The summed E-state index contributed by atoms with van der Waals surface area (Å²) in [5.74, 6) is -0.177. The minimum absolute atomic E-state index is 0.0667. The van der Waals surface area contributed by atoms with Crippen LogP contribution in [-0.2, 0) is 16.0 Å². The van der Waals surface area contributed by atoms with Gasteiger partial charge in [-0.1, -0.05) is 6.07 Å². The van der Waals surface area contributed by atoms with Crippen LogP contribution >= 0.6 is 0 Å². The summed E-state index contributed by atoms with van der Waals surface area (Å²) in [4.78, 5) is 14.3. The van der Waals surface area contributed by atoms with Gasteiger partial charge in [-0.3, -0.25) is 4.79 Å². The largest absolute Gasteiger partial charge is 0.381 e. The Labute approximate surface area is 112 Å². The van der Waals surface area contributed by atoms with Gasteiger partial charge in [0.05, 0.1) is 12.5 Å². The first-order valence-electron chi connectivity index (χ1n) is 6.94. The van der Waals surface area contributed by atoms with Gasteiger partial charge in [-0.05, 0) is 37.8 Å². The van der Waals surface area contributed by atoms with Gasteiger partial charge in [-0.25, -0.2) is 4.39 Å². The maximum absolute atomic E-state index is 13.8. The second-order valence-corrected chi connectivity index (χ2v) is 5.25. The highest BCUT2D eigenvalue weighted by Gasteiger charge is 2.30. The number of fused-ring (bicyclic) bond motifs is 1. The third-order valence-electron chi connectivity index (χ3n) is 3.97. The van der Waals surface area contributed by atoms with Crippen molar-refractivity contribution in [3.63, 3.8) is 0 Å². The van der Waals surface area contributed by atoms with Gasteiger partial charge in [0.15, 0.2) is 0 Å². The number of hydrogen-bond donors (Lipinski definition) is 0. The Morgan fingerprint density at radius 1 is 1.37 bits per heavy atom. The number of carbonyl (C=O) groups excluding carboxylic acids is 1. The topological polar surface area (TPSA) is 29.5 Å². The number of nitrogens with zero attached hydrogens (tertiary/aromatic N) is 1. The molecular formula is C15H18FNO2. The molecule has 0 bridgehead atoms. The van der Waals surface area contributed by atoms with E-state index in [-0.39, 0.29) is 17.6 Å². The van der Waals surface area contributed by atoms with Gasteiger partial charge in [0, 0.05) is 24.4 Å². The van der Waals surface area contributed by atoms with E-state index in [2.05, 4.69) is 0 Å². The van der Waals surface area contributed by atoms with Crippen molar-refractivity contribution >= 4 is 11.6 Å². The van der Waals surface area contributed by atoms with Gasteiger partial charge in [0.2, 0.25) is 5.91 Å². The van der Waals surface area contributed by atoms with E-state index < -0.39 is 0 Å². The standard InChI is InChI=1S/C15H18FNO2/c16-13-6-1-7-14-12(13)5-2-8-17(14)15(18)11-4-3-9-19-10-11/h1,6-7,11H,2-5,8-10H2. The molecule has 1 aromatic rings. The first-order valence-corrected chi connectivity index (χ1v) is 6.94. The number of benzene rings is 1. The molecule has 0 N–H and O–H groups in total. The summed E-state index contributed by atoms with van der Waals surface area (Å²) in [6.45, 7) is 1.93. The molecule has 2 aliphatic rings. The summed E-state index contributed by atoms with van der Waals surface area (Å²) in [7, 11) is 0.